The minimum Gasteiger partial charge on any atom is -0.347 e. The van der Waals surface area contributed by atoms with Crippen molar-refractivity contribution in [3.05, 3.63) is 51.0 Å². The smallest absolute Gasteiger partial charge is 0.263 e. The SMILES string of the molecule is CC(C)(C)c1ncsc1C(=O)NCc1ccc2c(c1)CNC2. The number of rotatable bonds is 3. The topological polar surface area (TPSA) is 54.0 Å². The van der Waals surface area contributed by atoms with Gasteiger partial charge in [-0.2, -0.15) is 0 Å². The molecule has 0 radical (unpaired) electrons. The van der Waals surface area contributed by atoms with Crippen molar-refractivity contribution in [3.63, 3.8) is 0 Å². The van der Waals surface area contributed by atoms with E-state index in [4.69, 9.17) is 0 Å². The van der Waals surface area contributed by atoms with Gasteiger partial charge in [0.2, 0.25) is 0 Å². The Hall–Kier alpha value is -1.72. The van der Waals surface area contributed by atoms with Crippen LogP contribution < -0.4 is 10.6 Å². The number of hydrogen-bond acceptors (Lipinski definition) is 4. The average molecular weight is 315 g/mol. The normalized spacial score (nSPS) is 14.0. The maximum Gasteiger partial charge on any atom is 0.263 e. The van der Waals surface area contributed by atoms with Crippen molar-refractivity contribution in [2.75, 3.05) is 0 Å². The van der Waals surface area contributed by atoms with E-state index in [2.05, 4.69) is 54.6 Å². The summed E-state index contributed by atoms with van der Waals surface area (Å²) >= 11 is 1.41. The van der Waals surface area contributed by atoms with Crippen molar-refractivity contribution in [3.8, 4) is 0 Å². The standard InChI is InChI=1S/C17H21N3OS/c1-17(2,3)15-14(22-10-20-15)16(21)19-7-11-4-5-12-8-18-9-13(12)6-11/h4-6,10,18H,7-9H2,1-3H3,(H,19,21). The van der Waals surface area contributed by atoms with Gasteiger partial charge in [-0.15, -0.1) is 11.3 Å². The fourth-order valence-corrected chi connectivity index (χ4v) is 3.58. The van der Waals surface area contributed by atoms with Crippen LogP contribution in [0.5, 0.6) is 0 Å². The molecule has 0 fully saturated rings. The van der Waals surface area contributed by atoms with Crippen molar-refractivity contribution in [2.24, 2.45) is 0 Å². The minimum absolute atomic E-state index is 0.0361. The van der Waals surface area contributed by atoms with Crippen LogP contribution in [-0.2, 0) is 25.0 Å². The van der Waals surface area contributed by atoms with Gasteiger partial charge < -0.3 is 10.6 Å². The largest absolute Gasteiger partial charge is 0.347 e. The maximum atomic E-state index is 12.4. The van der Waals surface area contributed by atoms with E-state index in [1.807, 2.05) is 0 Å². The average Bonchev–Trinajstić information content (AvgIpc) is 3.12. The molecule has 0 spiro atoms. The number of carbonyl (C=O) groups excluding carboxylic acids is 1. The number of aromatic nitrogens is 1. The molecule has 2 heterocycles. The van der Waals surface area contributed by atoms with Gasteiger partial charge in [-0.1, -0.05) is 39.0 Å². The van der Waals surface area contributed by atoms with Crippen LogP contribution in [0, 0.1) is 0 Å². The Morgan fingerprint density at radius 3 is 2.86 bits per heavy atom. The number of carbonyl (C=O) groups is 1. The number of hydrogen-bond donors (Lipinski definition) is 2. The van der Waals surface area contributed by atoms with Crippen molar-refractivity contribution >= 4 is 17.2 Å². The summed E-state index contributed by atoms with van der Waals surface area (Å²) in [5.41, 5.74) is 6.32. The quantitative estimate of drug-likeness (QED) is 0.915. The molecule has 3 rings (SSSR count). The Morgan fingerprint density at radius 2 is 2.09 bits per heavy atom. The summed E-state index contributed by atoms with van der Waals surface area (Å²) in [4.78, 5) is 17.5. The molecule has 22 heavy (non-hydrogen) atoms. The first-order valence-electron chi connectivity index (χ1n) is 7.49. The molecule has 1 amide bonds. The van der Waals surface area contributed by atoms with E-state index in [1.54, 1.807) is 5.51 Å². The zero-order valence-corrected chi connectivity index (χ0v) is 14.0. The lowest BCUT2D eigenvalue weighted by molar-refractivity contribution is 0.0952. The summed E-state index contributed by atoms with van der Waals surface area (Å²) in [6, 6.07) is 6.40. The molecule has 2 N–H and O–H groups in total. The molecule has 0 saturated carbocycles. The summed E-state index contributed by atoms with van der Waals surface area (Å²) in [5, 5.41) is 6.35. The van der Waals surface area contributed by atoms with Gasteiger partial charge in [0, 0.05) is 25.0 Å². The Balaban J connectivity index is 1.69. The number of amides is 1. The number of nitrogens with zero attached hydrogens (tertiary/aromatic N) is 1. The zero-order valence-electron chi connectivity index (χ0n) is 13.2. The molecule has 0 bridgehead atoms. The summed E-state index contributed by atoms with van der Waals surface area (Å²) < 4.78 is 0. The van der Waals surface area contributed by atoms with Crippen LogP contribution >= 0.6 is 11.3 Å². The molecule has 0 unspecified atom stereocenters. The van der Waals surface area contributed by atoms with Crippen LogP contribution in [0.3, 0.4) is 0 Å². The first-order valence-corrected chi connectivity index (χ1v) is 8.36. The highest BCUT2D eigenvalue weighted by atomic mass is 32.1. The van der Waals surface area contributed by atoms with Gasteiger partial charge in [-0.25, -0.2) is 4.98 Å². The van der Waals surface area contributed by atoms with E-state index in [0.29, 0.717) is 6.54 Å². The lowest BCUT2D eigenvalue weighted by Crippen LogP contribution is -2.25. The van der Waals surface area contributed by atoms with Gasteiger partial charge >= 0.3 is 0 Å². The number of thiazole rings is 1. The molecule has 0 aliphatic carbocycles. The van der Waals surface area contributed by atoms with Gasteiger partial charge in [0.1, 0.15) is 4.88 Å². The first-order chi connectivity index (χ1) is 10.4. The number of nitrogens with one attached hydrogen (secondary N) is 2. The van der Waals surface area contributed by atoms with Crippen LogP contribution in [0.2, 0.25) is 0 Å². The van der Waals surface area contributed by atoms with E-state index in [0.717, 1.165) is 29.2 Å². The molecule has 0 saturated heterocycles. The van der Waals surface area contributed by atoms with Gasteiger partial charge in [0.05, 0.1) is 11.2 Å². The number of benzene rings is 1. The molecular formula is C17H21N3OS. The predicted octanol–water partition coefficient (Wildman–Crippen LogP) is 2.97. The van der Waals surface area contributed by atoms with Gasteiger partial charge in [-0.05, 0) is 16.7 Å². The van der Waals surface area contributed by atoms with Gasteiger partial charge in [0.15, 0.2) is 0 Å². The van der Waals surface area contributed by atoms with E-state index >= 15 is 0 Å². The van der Waals surface area contributed by atoms with Crippen LogP contribution in [0.4, 0.5) is 0 Å². The molecule has 116 valence electrons. The molecule has 0 atom stereocenters. The molecule has 5 heteroatoms. The van der Waals surface area contributed by atoms with Crippen molar-refractivity contribution in [1.82, 2.24) is 15.6 Å². The lowest BCUT2D eigenvalue weighted by Gasteiger charge is -2.17. The van der Waals surface area contributed by atoms with E-state index in [-0.39, 0.29) is 11.3 Å². The third-order valence-corrected chi connectivity index (χ3v) is 4.66. The fraction of sp³-hybridized carbons (Fsp3) is 0.412. The third kappa shape index (κ3) is 3.05. The molecular weight excluding hydrogens is 294 g/mol. The Morgan fingerprint density at radius 1 is 1.32 bits per heavy atom. The molecule has 1 aliphatic heterocycles. The predicted molar refractivity (Wildman–Crippen MR) is 89.0 cm³/mol. The summed E-state index contributed by atoms with van der Waals surface area (Å²) in [6.07, 6.45) is 0. The van der Waals surface area contributed by atoms with E-state index < -0.39 is 0 Å². The van der Waals surface area contributed by atoms with Crippen molar-refractivity contribution in [1.29, 1.82) is 0 Å². The molecule has 2 aromatic rings. The van der Waals surface area contributed by atoms with Gasteiger partial charge in [-0.3, -0.25) is 4.79 Å². The Labute approximate surface area is 135 Å². The minimum atomic E-state index is -0.119. The van der Waals surface area contributed by atoms with E-state index in [9.17, 15) is 4.79 Å². The van der Waals surface area contributed by atoms with E-state index in [1.165, 1.54) is 22.5 Å². The highest BCUT2D eigenvalue weighted by molar-refractivity contribution is 7.11. The third-order valence-electron chi connectivity index (χ3n) is 3.84. The lowest BCUT2D eigenvalue weighted by atomic mass is 9.91. The fourth-order valence-electron chi connectivity index (χ4n) is 2.66. The molecule has 1 aromatic carbocycles. The zero-order chi connectivity index (χ0) is 15.7. The van der Waals surface area contributed by atoms with Crippen LogP contribution in [0.25, 0.3) is 0 Å². The molecule has 1 aromatic heterocycles. The second-order valence-corrected chi connectivity index (χ2v) is 7.52. The maximum absolute atomic E-state index is 12.4. The highest BCUT2D eigenvalue weighted by Gasteiger charge is 2.24. The summed E-state index contributed by atoms with van der Waals surface area (Å²) in [6.45, 7) is 8.64. The second-order valence-electron chi connectivity index (χ2n) is 6.67. The van der Waals surface area contributed by atoms with Gasteiger partial charge in [0.25, 0.3) is 5.91 Å². The van der Waals surface area contributed by atoms with Crippen LogP contribution in [0.1, 0.15) is 52.8 Å². The van der Waals surface area contributed by atoms with Crippen LogP contribution in [-0.4, -0.2) is 10.9 Å². The molecule has 4 nitrogen and oxygen atoms in total. The first kappa shape index (κ1) is 15.2. The molecule has 1 aliphatic rings. The summed E-state index contributed by atoms with van der Waals surface area (Å²) in [5.74, 6) is -0.0361. The number of fused-ring (bicyclic) bond motifs is 1. The Bertz CT molecular complexity index is 700. The Kier molecular flexibility index (Phi) is 4.02. The van der Waals surface area contributed by atoms with Crippen LogP contribution in [0.15, 0.2) is 23.7 Å². The van der Waals surface area contributed by atoms with Crippen molar-refractivity contribution < 1.29 is 4.79 Å². The second kappa shape index (κ2) is 5.82. The van der Waals surface area contributed by atoms with Crippen molar-refractivity contribution in [2.45, 2.75) is 45.8 Å². The highest BCUT2D eigenvalue weighted by Crippen LogP contribution is 2.27. The monoisotopic (exact) mass is 315 g/mol. The summed E-state index contributed by atoms with van der Waals surface area (Å²) in [7, 11) is 0.